The SMILES string of the molecule is CCc1nc2ccccc2n1Cc1noc([C@@]2(C)C[C@@H]2c2ccccc2)n1. The summed E-state index contributed by atoms with van der Waals surface area (Å²) in [4.78, 5) is 9.47. The number of para-hydroxylation sites is 2. The number of hydrogen-bond acceptors (Lipinski definition) is 4. The number of aryl methyl sites for hydroxylation is 1. The molecule has 0 N–H and O–H groups in total. The fourth-order valence-electron chi connectivity index (χ4n) is 4.04. The van der Waals surface area contributed by atoms with Crippen LogP contribution < -0.4 is 0 Å². The van der Waals surface area contributed by atoms with E-state index in [1.807, 2.05) is 18.2 Å². The summed E-state index contributed by atoms with van der Waals surface area (Å²) in [7, 11) is 0. The Morgan fingerprint density at radius 3 is 2.67 bits per heavy atom. The Labute approximate surface area is 158 Å². The average Bonchev–Trinajstić information content (AvgIpc) is 3.06. The Morgan fingerprint density at radius 2 is 1.85 bits per heavy atom. The standard InChI is InChI=1S/C22H22N4O/c1-3-20-23-17-11-7-8-12-18(17)26(20)14-19-24-21(27-25-19)22(2)13-16(22)15-9-5-4-6-10-15/h4-12,16H,3,13-14H2,1-2H3/t16-,22+/m1/s1. The normalized spacial score (nSPS) is 21.6. The van der Waals surface area contributed by atoms with Crippen molar-refractivity contribution in [3.05, 3.63) is 77.7 Å². The molecule has 2 atom stereocenters. The van der Waals surface area contributed by atoms with Crippen molar-refractivity contribution < 1.29 is 4.52 Å². The van der Waals surface area contributed by atoms with Crippen LogP contribution in [0.3, 0.4) is 0 Å². The lowest BCUT2D eigenvalue weighted by atomic mass is 10.0. The molecule has 2 aromatic heterocycles. The maximum atomic E-state index is 5.68. The number of aromatic nitrogens is 4. The van der Waals surface area contributed by atoms with E-state index >= 15 is 0 Å². The molecule has 1 aliphatic rings. The van der Waals surface area contributed by atoms with Gasteiger partial charge in [-0.15, -0.1) is 0 Å². The van der Waals surface area contributed by atoms with Crippen LogP contribution in [0.2, 0.25) is 0 Å². The van der Waals surface area contributed by atoms with Crippen molar-refractivity contribution >= 4 is 11.0 Å². The Balaban J connectivity index is 1.43. The van der Waals surface area contributed by atoms with Gasteiger partial charge in [0.1, 0.15) is 5.82 Å². The summed E-state index contributed by atoms with van der Waals surface area (Å²) >= 11 is 0. The van der Waals surface area contributed by atoms with Crippen LogP contribution in [0.4, 0.5) is 0 Å². The third-order valence-corrected chi connectivity index (χ3v) is 5.75. The minimum atomic E-state index is -0.0583. The van der Waals surface area contributed by atoms with Gasteiger partial charge < -0.3 is 9.09 Å². The fraction of sp³-hybridized carbons (Fsp3) is 0.318. The number of benzene rings is 2. The van der Waals surface area contributed by atoms with Crippen molar-refractivity contribution in [2.75, 3.05) is 0 Å². The van der Waals surface area contributed by atoms with Gasteiger partial charge in [0.2, 0.25) is 5.89 Å². The maximum Gasteiger partial charge on any atom is 0.233 e. The molecule has 0 bridgehead atoms. The van der Waals surface area contributed by atoms with Crippen LogP contribution in [-0.2, 0) is 18.4 Å². The van der Waals surface area contributed by atoms with Gasteiger partial charge >= 0.3 is 0 Å². The second-order valence-electron chi connectivity index (χ2n) is 7.56. The highest BCUT2D eigenvalue weighted by atomic mass is 16.5. The zero-order valence-corrected chi connectivity index (χ0v) is 15.6. The van der Waals surface area contributed by atoms with Crippen LogP contribution in [0.15, 0.2) is 59.1 Å². The molecular weight excluding hydrogens is 336 g/mol. The number of imidazole rings is 1. The Kier molecular flexibility index (Phi) is 3.64. The van der Waals surface area contributed by atoms with E-state index in [0.29, 0.717) is 18.3 Å². The van der Waals surface area contributed by atoms with E-state index in [2.05, 4.69) is 60.0 Å². The second-order valence-corrected chi connectivity index (χ2v) is 7.56. The lowest BCUT2D eigenvalue weighted by molar-refractivity contribution is 0.345. The van der Waals surface area contributed by atoms with Gasteiger partial charge in [0.15, 0.2) is 5.82 Å². The monoisotopic (exact) mass is 358 g/mol. The molecule has 4 aromatic rings. The molecule has 5 heteroatoms. The summed E-state index contributed by atoms with van der Waals surface area (Å²) < 4.78 is 7.87. The van der Waals surface area contributed by atoms with Gasteiger partial charge in [0.25, 0.3) is 0 Å². The van der Waals surface area contributed by atoms with Gasteiger partial charge in [0, 0.05) is 6.42 Å². The molecule has 0 unspecified atom stereocenters. The zero-order chi connectivity index (χ0) is 18.4. The molecule has 1 aliphatic carbocycles. The highest BCUT2D eigenvalue weighted by molar-refractivity contribution is 5.76. The fourth-order valence-corrected chi connectivity index (χ4v) is 4.04. The predicted octanol–water partition coefficient (Wildman–Crippen LogP) is 4.48. The van der Waals surface area contributed by atoms with E-state index in [1.165, 1.54) is 5.56 Å². The number of rotatable bonds is 5. The number of nitrogens with zero attached hydrogens (tertiary/aromatic N) is 4. The molecule has 5 nitrogen and oxygen atoms in total. The van der Waals surface area contributed by atoms with Crippen LogP contribution in [0.5, 0.6) is 0 Å². The van der Waals surface area contributed by atoms with E-state index in [1.54, 1.807) is 0 Å². The highest BCUT2D eigenvalue weighted by Gasteiger charge is 2.56. The molecule has 136 valence electrons. The molecule has 0 saturated heterocycles. The van der Waals surface area contributed by atoms with Gasteiger partial charge in [-0.25, -0.2) is 4.98 Å². The van der Waals surface area contributed by atoms with Crippen molar-refractivity contribution in [1.29, 1.82) is 0 Å². The number of fused-ring (bicyclic) bond motifs is 1. The third-order valence-electron chi connectivity index (χ3n) is 5.75. The van der Waals surface area contributed by atoms with Crippen molar-refractivity contribution in [3.8, 4) is 0 Å². The van der Waals surface area contributed by atoms with Crippen LogP contribution >= 0.6 is 0 Å². The van der Waals surface area contributed by atoms with Crippen molar-refractivity contribution in [1.82, 2.24) is 19.7 Å². The molecule has 5 rings (SSSR count). The van der Waals surface area contributed by atoms with E-state index in [9.17, 15) is 0 Å². The summed E-state index contributed by atoms with van der Waals surface area (Å²) in [6.45, 7) is 4.92. The molecule has 0 spiro atoms. The van der Waals surface area contributed by atoms with Gasteiger partial charge in [-0.3, -0.25) is 0 Å². The zero-order valence-electron chi connectivity index (χ0n) is 15.6. The molecule has 2 aromatic carbocycles. The van der Waals surface area contributed by atoms with Gasteiger partial charge in [0.05, 0.1) is 23.0 Å². The van der Waals surface area contributed by atoms with Crippen LogP contribution in [0, 0.1) is 0 Å². The van der Waals surface area contributed by atoms with E-state index in [0.717, 1.165) is 35.6 Å². The molecular formula is C22H22N4O. The van der Waals surface area contributed by atoms with Gasteiger partial charge in [-0.1, -0.05) is 61.5 Å². The summed E-state index contributed by atoms with van der Waals surface area (Å²) in [6, 6.07) is 18.8. The lowest BCUT2D eigenvalue weighted by Gasteiger charge is -2.06. The molecule has 27 heavy (non-hydrogen) atoms. The third kappa shape index (κ3) is 2.65. The quantitative estimate of drug-likeness (QED) is 0.528. The summed E-state index contributed by atoms with van der Waals surface area (Å²) in [5.74, 6) is 2.95. The largest absolute Gasteiger partial charge is 0.339 e. The molecule has 0 amide bonds. The smallest absolute Gasteiger partial charge is 0.233 e. The maximum absolute atomic E-state index is 5.68. The van der Waals surface area contributed by atoms with Crippen LogP contribution in [0.1, 0.15) is 49.3 Å². The van der Waals surface area contributed by atoms with Crippen molar-refractivity contribution in [2.24, 2.45) is 0 Å². The highest BCUT2D eigenvalue weighted by Crippen LogP contribution is 2.59. The first-order valence-corrected chi connectivity index (χ1v) is 9.51. The van der Waals surface area contributed by atoms with E-state index in [-0.39, 0.29) is 5.41 Å². The van der Waals surface area contributed by atoms with Crippen LogP contribution in [0.25, 0.3) is 11.0 Å². The Hall–Kier alpha value is -2.95. The minimum absolute atomic E-state index is 0.0583. The van der Waals surface area contributed by atoms with Gasteiger partial charge in [-0.2, -0.15) is 4.98 Å². The molecule has 1 saturated carbocycles. The summed E-state index contributed by atoms with van der Waals surface area (Å²) in [6.07, 6.45) is 1.92. The Morgan fingerprint density at radius 1 is 1.07 bits per heavy atom. The molecule has 0 radical (unpaired) electrons. The molecule has 2 heterocycles. The first kappa shape index (κ1) is 16.2. The Bertz CT molecular complexity index is 1100. The second kappa shape index (κ2) is 6.05. The van der Waals surface area contributed by atoms with E-state index in [4.69, 9.17) is 14.5 Å². The first-order valence-electron chi connectivity index (χ1n) is 9.51. The first-order chi connectivity index (χ1) is 13.2. The minimum Gasteiger partial charge on any atom is -0.339 e. The lowest BCUT2D eigenvalue weighted by Crippen LogP contribution is -2.07. The predicted molar refractivity (Wildman–Crippen MR) is 104 cm³/mol. The topological polar surface area (TPSA) is 56.7 Å². The summed E-state index contributed by atoms with van der Waals surface area (Å²) in [5, 5.41) is 4.27. The van der Waals surface area contributed by atoms with Gasteiger partial charge in [-0.05, 0) is 30.0 Å². The summed E-state index contributed by atoms with van der Waals surface area (Å²) in [5.41, 5.74) is 3.41. The average molecular weight is 358 g/mol. The van der Waals surface area contributed by atoms with Crippen molar-refractivity contribution in [2.45, 2.75) is 44.6 Å². The number of hydrogen-bond donors (Lipinski definition) is 0. The van der Waals surface area contributed by atoms with E-state index < -0.39 is 0 Å². The molecule has 1 fully saturated rings. The molecule has 0 aliphatic heterocycles. The van der Waals surface area contributed by atoms with Crippen LogP contribution in [-0.4, -0.2) is 19.7 Å². The van der Waals surface area contributed by atoms with Crippen molar-refractivity contribution in [3.63, 3.8) is 0 Å².